The molecule has 1 unspecified atom stereocenters. The highest BCUT2D eigenvalue weighted by Crippen LogP contribution is 2.31. The van der Waals surface area contributed by atoms with Gasteiger partial charge in [-0.3, -0.25) is 9.59 Å². The van der Waals surface area contributed by atoms with Crippen LogP contribution in [0.5, 0.6) is 5.75 Å². The number of alkyl halides is 3. The minimum absolute atomic E-state index is 0.0338. The van der Waals surface area contributed by atoms with Crippen LogP contribution in [0.3, 0.4) is 0 Å². The van der Waals surface area contributed by atoms with E-state index in [0.29, 0.717) is 37.5 Å². The Hall–Kier alpha value is -3.10. The van der Waals surface area contributed by atoms with E-state index >= 15 is 0 Å². The standard InChI is InChI=1S/C23H24F4N2O3/c1-32-18-6-2-15(3-7-18)13-22(11-9-21(31)29-22)10-8-20(30)28-14-16-4-5-17(12-19(16)24)23(25,26)27/h2-7,12H,8-11,13-14H2,1H3,(H,28,30)(H,29,31). The highest BCUT2D eigenvalue weighted by atomic mass is 19.4. The fourth-order valence-electron chi connectivity index (χ4n) is 3.82. The third-order valence-electron chi connectivity index (χ3n) is 5.62. The van der Waals surface area contributed by atoms with Crippen LogP contribution < -0.4 is 15.4 Å². The van der Waals surface area contributed by atoms with Gasteiger partial charge in [0.1, 0.15) is 11.6 Å². The number of carbonyl (C=O) groups is 2. The Kier molecular flexibility index (Phi) is 7.06. The molecule has 32 heavy (non-hydrogen) atoms. The van der Waals surface area contributed by atoms with Crippen LogP contribution in [0.1, 0.15) is 42.4 Å². The second-order valence-corrected chi connectivity index (χ2v) is 7.93. The molecular formula is C23H24F4N2O3. The molecule has 0 aromatic heterocycles. The maximum absolute atomic E-state index is 14.0. The molecule has 9 heteroatoms. The largest absolute Gasteiger partial charge is 0.497 e. The van der Waals surface area contributed by atoms with E-state index in [1.165, 1.54) is 0 Å². The third-order valence-corrected chi connectivity index (χ3v) is 5.62. The number of amides is 2. The van der Waals surface area contributed by atoms with Gasteiger partial charge in [-0.05, 0) is 49.1 Å². The van der Waals surface area contributed by atoms with E-state index in [4.69, 9.17) is 4.74 Å². The molecule has 1 atom stereocenters. The summed E-state index contributed by atoms with van der Waals surface area (Å²) in [5.74, 6) is -0.766. The maximum Gasteiger partial charge on any atom is 0.416 e. The van der Waals surface area contributed by atoms with Gasteiger partial charge in [0.2, 0.25) is 11.8 Å². The van der Waals surface area contributed by atoms with E-state index in [1.54, 1.807) is 7.11 Å². The predicted molar refractivity (Wildman–Crippen MR) is 109 cm³/mol. The SMILES string of the molecule is COc1ccc(CC2(CCC(=O)NCc3ccc(C(F)(F)F)cc3F)CCC(=O)N2)cc1. The van der Waals surface area contributed by atoms with Crippen LogP contribution in [0.4, 0.5) is 17.6 Å². The van der Waals surface area contributed by atoms with Gasteiger partial charge in [0, 0.05) is 30.5 Å². The van der Waals surface area contributed by atoms with Crippen LogP contribution in [-0.2, 0) is 28.7 Å². The maximum atomic E-state index is 14.0. The van der Waals surface area contributed by atoms with Gasteiger partial charge in [-0.2, -0.15) is 13.2 Å². The molecular weight excluding hydrogens is 428 g/mol. The van der Waals surface area contributed by atoms with Crippen molar-refractivity contribution in [2.45, 2.75) is 50.4 Å². The summed E-state index contributed by atoms with van der Waals surface area (Å²) >= 11 is 0. The molecule has 0 saturated carbocycles. The van der Waals surface area contributed by atoms with Crippen molar-refractivity contribution in [3.63, 3.8) is 0 Å². The van der Waals surface area contributed by atoms with Gasteiger partial charge < -0.3 is 15.4 Å². The molecule has 3 rings (SSSR count). The normalized spacial score (nSPS) is 18.3. The zero-order chi connectivity index (χ0) is 23.4. The molecule has 1 saturated heterocycles. The number of hydrogen-bond acceptors (Lipinski definition) is 3. The molecule has 172 valence electrons. The lowest BCUT2D eigenvalue weighted by Gasteiger charge is -2.29. The average Bonchev–Trinajstić information content (AvgIpc) is 3.11. The van der Waals surface area contributed by atoms with Crippen molar-refractivity contribution < 1.29 is 31.9 Å². The van der Waals surface area contributed by atoms with Gasteiger partial charge in [0.05, 0.1) is 12.7 Å². The van der Waals surface area contributed by atoms with Crippen LogP contribution in [0, 0.1) is 5.82 Å². The Morgan fingerprint density at radius 1 is 1.19 bits per heavy atom. The average molecular weight is 452 g/mol. The lowest BCUT2D eigenvalue weighted by atomic mass is 9.85. The van der Waals surface area contributed by atoms with E-state index in [-0.39, 0.29) is 30.3 Å². The van der Waals surface area contributed by atoms with E-state index < -0.39 is 23.1 Å². The molecule has 1 aliphatic heterocycles. The Morgan fingerprint density at radius 3 is 2.47 bits per heavy atom. The first-order valence-electron chi connectivity index (χ1n) is 10.2. The number of rotatable bonds is 8. The van der Waals surface area contributed by atoms with Crippen molar-refractivity contribution in [1.82, 2.24) is 10.6 Å². The molecule has 1 heterocycles. The van der Waals surface area contributed by atoms with Crippen LogP contribution in [0.2, 0.25) is 0 Å². The smallest absolute Gasteiger partial charge is 0.416 e. The number of halogens is 4. The molecule has 1 aliphatic rings. The van der Waals surface area contributed by atoms with E-state index in [0.717, 1.165) is 17.7 Å². The van der Waals surface area contributed by atoms with Crippen molar-refractivity contribution in [3.8, 4) is 5.75 Å². The highest BCUT2D eigenvalue weighted by molar-refractivity contribution is 5.80. The van der Waals surface area contributed by atoms with Crippen molar-refractivity contribution in [2.24, 2.45) is 0 Å². The van der Waals surface area contributed by atoms with Crippen LogP contribution in [0.15, 0.2) is 42.5 Å². The highest BCUT2D eigenvalue weighted by Gasteiger charge is 2.38. The summed E-state index contributed by atoms with van der Waals surface area (Å²) in [5, 5.41) is 5.53. The molecule has 5 nitrogen and oxygen atoms in total. The number of nitrogens with one attached hydrogen (secondary N) is 2. The molecule has 2 aromatic carbocycles. The topological polar surface area (TPSA) is 67.4 Å². The number of benzene rings is 2. The Bertz CT molecular complexity index is 976. The Morgan fingerprint density at radius 2 is 1.91 bits per heavy atom. The molecule has 2 N–H and O–H groups in total. The summed E-state index contributed by atoms with van der Waals surface area (Å²) in [4.78, 5) is 24.2. The van der Waals surface area contributed by atoms with Crippen LogP contribution in [0.25, 0.3) is 0 Å². The van der Waals surface area contributed by atoms with Gasteiger partial charge in [-0.15, -0.1) is 0 Å². The molecule has 1 fully saturated rings. The van der Waals surface area contributed by atoms with Gasteiger partial charge in [0.15, 0.2) is 0 Å². The summed E-state index contributed by atoms with van der Waals surface area (Å²) < 4.78 is 57.0. The summed E-state index contributed by atoms with van der Waals surface area (Å²) in [7, 11) is 1.57. The van der Waals surface area contributed by atoms with Crippen molar-refractivity contribution in [2.75, 3.05) is 7.11 Å². The van der Waals surface area contributed by atoms with Crippen molar-refractivity contribution in [1.29, 1.82) is 0 Å². The number of hydrogen-bond donors (Lipinski definition) is 2. The first kappa shape index (κ1) is 23.6. The van der Waals surface area contributed by atoms with Gasteiger partial charge in [0.25, 0.3) is 0 Å². The summed E-state index contributed by atoms with van der Waals surface area (Å²) in [6, 6.07) is 9.66. The monoisotopic (exact) mass is 452 g/mol. The van der Waals surface area contributed by atoms with E-state index in [1.807, 2.05) is 24.3 Å². The number of ether oxygens (including phenoxy) is 1. The van der Waals surface area contributed by atoms with Crippen molar-refractivity contribution >= 4 is 11.8 Å². The zero-order valence-electron chi connectivity index (χ0n) is 17.5. The van der Waals surface area contributed by atoms with Crippen LogP contribution >= 0.6 is 0 Å². The molecule has 0 bridgehead atoms. The first-order chi connectivity index (χ1) is 15.1. The Labute approximate surface area is 183 Å². The zero-order valence-corrected chi connectivity index (χ0v) is 17.5. The van der Waals surface area contributed by atoms with Gasteiger partial charge in [-0.1, -0.05) is 18.2 Å². The lowest BCUT2D eigenvalue weighted by molar-refractivity contribution is -0.137. The number of carbonyl (C=O) groups excluding carboxylic acids is 2. The number of methoxy groups -OCH3 is 1. The third kappa shape index (κ3) is 5.99. The predicted octanol–water partition coefficient (Wildman–Crippen LogP) is 4.14. The Balaban J connectivity index is 1.58. The van der Waals surface area contributed by atoms with E-state index in [9.17, 15) is 27.2 Å². The van der Waals surface area contributed by atoms with Gasteiger partial charge >= 0.3 is 6.18 Å². The molecule has 0 spiro atoms. The quantitative estimate of drug-likeness (QED) is 0.592. The molecule has 0 aliphatic carbocycles. The fourth-order valence-corrected chi connectivity index (χ4v) is 3.82. The van der Waals surface area contributed by atoms with Gasteiger partial charge in [-0.25, -0.2) is 4.39 Å². The second kappa shape index (κ2) is 9.58. The van der Waals surface area contributed by atoms with Crippen molar-refractivity contribution in [3.05, 3.63) is 65.0 Å². The molecule has 2 amide bonds. The lowest BCUT2D eigenvalue weighted by Crippen LogP contribution is -2.44. The van der Waals surface area contributed by atoms with E-state index in [2.05, 4.69) is 10.6 Å². The summed E-state index contributed by atoms with van der Waals surface area (Å²) in [5.41, 5.74) is -0.695. The minimum atomic E-state index is -4.63. The van der Waals surface area contributed by atoms with Crippen LogP contribution in [-0.4, -0.2) is 24.5 Å². The fraction of sp³-hybridized carbons (Fsp3) is 0.391. The summed E-state index contributed by atoms with van der Waals surface area (Å²) in [6.45, 7) is -0.222. The summed E-state index contributed by atoms with van der Waals surface area (Å²) in [6.07, 6.45) is -2.67. The molecule has 0 radical (unpaired) electrons. The second-order valence-electron chi connectivity index (χ2n) is 7.93. The minimum Gasteiger partial charge on any atom is -0.497 e. The first-order valence-corrected chi connectivity index (χ1v) is 10.2. The molecule has 2 aromatic rings.